The third-order valence-electron chi connectivity index (χ3n) is 6.09. The van der Waals surface area contributed by atoms with Crippen molar-refractivity contribution in [2.45, 2.75) is 19.0 Å². The maximum atomic E-state index is 13.1. The van der Waals surface area contributed by atoms with Crippen LogP contribution in [0.4, 0.5) is 0 Å². The van der Waals surface area contributed by atoms with Crippen LogP contribution in [-0.4, -0.2) is 60.7 Å². The van der Waals surface area contributed by atoms with Crippen molar-refractivity contribution in [1.82, 2.24) is 9.80 Å². The first kappa shape index (κ1) is 13.5. The number of piperidine rings is 3. The Hall–Kier alpha value is -1.88. The van der Waals surface area contributed by atoms with Crippen molar-refractivity contribution < 1.29 is 9.53 Å². The fourth-order valence-electron chi connectivity index (χ4n) is 4.97. The highest BCUT2D eigenvalue weighted by molar-refractivity contribution is 6.46. The molecule has 120 valence electrons. The standard InChI is InChI=1S/C18H21N3O2/c1-23-13-2-3-15-11(6-13)7-19-17(15)18(22)21-9-12-8-20-5-4-14(12)16(21)10-20/h2-3,6,12,14,16H,4-5,7-10H2,1H3/t12-,14-,16-/m0/s1. The zero-order valence-corrected chi connectivity index (χ0v) is 13.4. The van der Waals surface area contributed by atoms with Gasteiger partial charge in [0.15, 0.2) is 0 Å². The molecule has 4 bridgehead atoms. The Morgan fingerprint density at radius 3 is 3.00 bits per heavy atom. The molecule has 4 saturated heterocycles. The van der Waals surface area contributed by atoms with E-state index in [2.05, 4.69) is 14.8 Å². The smallest absolute Gasteiger partial charge is 0.272 e. The topological polar surface area (TPSA) is 45.1 Å². The molecule has 4 atom stereocenters. The highest BCUT2D eigenvalue weighted by atomic mass is 16.5. The second-order valence-electron chi connectivity index (χ2n) is 7.18. The molecule has 0 spiro atoms. The number of methoxy groups -OCH3 is 1. The van der Waals surface area contributed by atoms with Gasteiger partial charge in [0, 0.05) is 31.2 Å². The lowest BCUT2D eigenvalue weighted by molar-refractivity contribution is -0.125. The molecule has 1 aromatic rings. The molecule has 5 heterocycles. The first-order valence-corrected chi connectivity index (χ1v) is 8.49. The number of benzene rings is 1. The van der Waals surface area contributed by atoms with Gasteiger partial charge in [-0.2, -0.15) is 0 Å². The van der Waals surface area contributed by atoms with Gasteiger partial charge in [-0.05, 0) is 48.6 Å². The van der Waals surface area contributed by atoms with Crippen molar-refractivity contribution in [2.75, 3.05) is 33.3 Å². The summed E-state index contributed by atoms with van der Waals surface area (Å²) in [5, 5.41) is 0. The van der Waals surface area contributed by atoms with Crippen LogP contribution in [0, 0.1) is 11.8 Å². The fourth-order valence-corrected chi connectivity index (χ4v) is 4.97. The zero-order chi connectivity index (χ0) is 15.6. The third kappa shape index (κ3) is 1.89. The van der Waals surface area contributed by atoms with E-state index in [9.17, 15) is 4.79 Å². The summed E-state index contributed by atoms with van der Waals surface area (Å²) in [5.41, 5.74) is 2.74. The summed E-state index contributed by atoms with van der Waals surface area (Å²) in [7, 11) is 1.67. The average molecular weight is 311 g/mol. The molecule has 0 N–H and O–H groups in total. The van der Waals surface area contributed by atoms with Gasteiger partial charge in [0.1, 0.15) is 11.5 Å². The lowest BCUT2D eigenvalue weighted by atomic mass is 9.80. The highest BCUT2D eigenvalue weighted by Gasteiger charge is 2.51. The molecule has 1 amide bonds. The van der Waals surface area contributed by atoms with Crippen molar-refractivity contribution in [1.29, 1.82) is 0 Å². The second-order valence-corrected chi connectivity index (χ2v) is 7.18. The van der Waals surface area contributed by atoms with Crippen LogP contribution < -0.4 is 4.74 Å². The lowest BCUT2D eigenvalue weighted by Gasteiger charge is -2.44. The molecule has 0 aliphatic carbocycles. The summed E-state index contributed by atoms with van der Waals surface area (Å²) in [6, 6.07) is 6.30. The van der Waals surface area contributed by atoms with Crippen LogP contribution in [0.25, 0.3) is 0 Å². The first-order valence-electron chi connectivity index (χ1n) is 8.49. The minimum atomic E-state index is 0.134. The van der Waals surface area contributed by atoms with Gasteiger partial charge in [0.05, 0.1) is 13.7 Å². The van der Waals surface area contributed by atoms with E-state index in [1.807, 2.05) is 18.2 Å². The number of amides is 1. The van der Waals surface area contributed by atoms with E-state index >= 15 is 0 Å². The SMILES string of the molecule is COc1ccc2c(c1)CN=C2C(=O)N1C[C@@H]2CN3CC[C@@H]2[C@@H]1C3. The maximum Gasteiger partial charge on any atom is 0.272 e. The van der Waals surface area contributed by atoms with E-state index in [0.717, 1.165) is 30.0 Å². The monoisotopic (exact) mass is 311 g/mol. The van der Waals surface area contributed by atoms with E-state index in [0.29, 0.717) is 30.1 Å². The predicted molar refractivity (Wildman–Crippen MR) is 86.8 cm³/mol. The Labute approximate surface area is 135 Å². The second kappa shape index (κ2) is 4.81. The van der Waals surface area contributed by atoms with Gasteiger partial charge >= 0.3 is 0 Å². The lowest BCUT2D eigenvalue weighted by Crippen LogP contribution is -2.54. The van der Waals surface area contributed by atoms with E-state index in [4.69, 9.17) is 4.74 Å². The summed E-state index contributed by atoms with van der Waals surface area (Å²) < 4.78 is 5.27. The van der Waals surface area contributed by atoms with Gasteiger partial charge in [0.2, 0.25) is 0 Å². The van der Waals surface area contributed by atoms with Gasteiger partial charge < -0.3 is 14.5 Å². The first-order chi connectivity index (χ1) is 11.2. The fraction of sp³-hybridized carbons (Fsp3) is 0.556. The highest BCUT2D eigenvalue weighted by Crippen LogP contribution is 2.42. The van der Waals surface area contributed by atoms with Crippen LogP contribution in [0.15, 0.2) is 23.2 Å². The average Bonchev–Trinajstić information content (AvgIpc) is 3.13. The minimum absolute atomic E-state index is 0.134. The van der Waals surface area contributed by atoms with E-state index in [-0.39, 0.29) is 5.91 Å². The normalized spacial score (nSPS) is 33.6. The molecule has 5 aliphatic rings. The molecule has 0 aromatic heterocycles. The number of carbonyl (C=O) groups excluding carboxylic acids is 1. The molecular weight excluding hydrogens is 290 g/mol. The van der Waals surface area contributed by atoms with Crippen molar-refractivity contribution in [3.05, 3.63) is 29.3 Å². The van der Waals surface area contributed by atoms with Gasteiger partial charge in [-0.3, -0.25) is 9.79 Å². The maximum absolute atomic E-state index is 13.1. The van der Waals surface area contributed by atoms with Crippen LogP contribution in [0.2, 0.25) is 0 Å². The quantitative estimate of drug-likeness (QED) is 0.823. The molecule has 1 aromatic carbocycles. The molecule has 23 heavy (non-hydrogen) atoms. The third-order valence-corrected chi connectivity index (χ3v) is 6.09. The Bertz CT molecular complexity index is 714. The summed E-state index contributed by atoms with van der Waals surface area (Å²) in [4.78, 5) is 22.3. The van der Waals surface area contributed by atoms with Gasteiger partial charge in [-0.15, -0.1) is 0 Å². The van der Waals surface area contributed by atoms with Crippen molar-refractivity contribution in [3.63, 3.8) is 0 Å². The molecule has 6 rings (SSSR count). The summed E-state index contributed by atoms with van der Waals surface area (Å²) in [5.74, 6) is 2.34. The molecule has 5 nitrogen and oxygen atoms in total. The number of hydrogen-bond donors (Lipinski definition) is 0. The molecule has 5 heteroatoms. The summed E-state index contributed by atoms with van der Waals surface area (Å²) in [6.07, 6.45) is 1.25. The van der Waals surface area contributed by atoms with Crippen LogP contribution in [-0.2, 0) is 11.3 Å². The number of likely N-dealkylation sites (tertiary alicyclic amines) is 1. The van der Waals surface area contributed by atoms with E-state index in [1.54, 1.807) is 7.11 Å². The molecular formula is C18H21N3O2. The summed E-state index contributed by atoms with van der Waals surface area (Å²) in [6.45, 7) is 4.93. The Morgan fingerprint density at radius 1 is 1.30 bits per heavy atom. The van der Waals surface area contributed by atoms with E-state index in [1.165, 1.54) is 19.5 Å². The number of fused-ring (bicyclic) bond motifs is 2. The van der Waals surface area contributed by atoms with Crippen molar-refractivity contribution >= 4 is 11.6 Å². The molecule has 5 aliphatic heterocycles. The molecule has 1 unspecified atom stereocenters. The van der Waals surface area contributed by atoms with Crippen molar-refractivity contribution in [3.8, 4) is 5.75 Å². The minimum Gasteiger partial charge on any atom is -0.497 e. The van der Waals surface area contributed by atoms with Crippen LogP contribution >= 0.6 is 0 Å². The number of nitrogens with zero attached hydrogens (tertiary/aromatic N) is 3. The zero-order valence-electron chi connectivity index (χ0n) is 13.4. The Balaban J connectivity index is 1.43. The van der Waals surface area contributed by atoms with Crippen LogP contribution in [0.3, 0.4) is 0 Å². The number of ether oxygens (including phenoxy) is 1. The van der Waals surface area contributed by atoms with Gasteiger partial charge in [0.25, 0.3) is 5.91 Å². The Morgan fingerprint density at radius 2 is 2.22 bits per heavy atom. The molecule has 0 saturated carbocycles. The number of carbonyl (C=O) groups is 1. The number of aliphatic imine (C=N–C) groups is 1. The van der Waals surface area contributed by atoms with Crippen molar-refractivity contribution in [2.24, 2.45) is 16.8 Å². The molecule has 0 radical (unpaired) electrons. The van der Waals surface area contributed by atoms with Crippen LogP contribution in [0.5, 0.6) is 5.75 Å². The van der Waals surface area contributed by atoms with Gasteiger partial charge in [-0.1, -0.05) is 0 Å². The Kier molecular flexibility index (Phi) is 2.83. The largest absolute Gasteiger partial charge is 0.497 e. The van der Waals surface area contributed by atoms with Gasteiger partial charge in [-0.25, -0.2) is 0 Å². The summed E-state index contributed by atoms with van der Waals surface area (Å²) >= 11 is 0. The predicted octanol–water partition coefficient (Wildman–Crippen LogP) is 1.16. The van der Waals surface area contributed by atoms with E-state index < -0.39 is 0 Å². The molecule has 4 fully saturated rings. The number of rotatable bonds is 2. The number of hydrogen-bond acceptors (Lipinski definition) is 4. The van der Waals surface area contributed by atoms with Crippen LogP contribution in [0.1, 0.15) is 17.5 Å².